The predicted octanol–water partition coefficient (Wildman–Crippen LogP) is 7.60. The van der Waals surface area contributed by atoms with E-state index in [0.717, 1.165) is 64.5 Å². The molecule has 7 heteroatoms. The van der Waals surface area contributed by atoms with Gasteiger partial charge in [-0.25, -0.2) is 0 Å². The van der Waals surface area contributed by atoms with Crippen LogP contribution in [0.25, 0.3) is 20.5 Å². The molecule has 0 atom stereocenters. The van der Waals surface area contributed by atoms with Crippen LogP contribution >= 0.6 is 11.3 Å². The largest absolute Gasteiger partial charge is 0.508 e. The minimum absolute atomic E-state index is 0.0231. The zero-order chi connectivity index (χ0) is 29.8. The third kappa shape index (κ3) is 6.95. The Morgan fingerprint density at radius 3 is 2.33 bits per heavy atom. The molecule has 0 unspecified atom stereocenters. The minimum Gasteiger partial charge on any atom is -0.508 e. The molecule has 2 saturated heterocycles. The first-order chi connectivity index (χ1) is 20.9. The smallest absolute Gasteiger partial charge is 0.161 e. The van der Waals surface area contributed by atoms with Gasteiger partial charge in [0.25, 0.3) is 0 Å². The van der Waals surface area contributed by atoms with E-state index in [0.29, 0.717) is 13.2 Å². The number of nitrogens with zero attached hydrogens (tertiary/aromatic N) is 2. The van der Waals surface area contributed by atoms with Crippen molar-refractivity contribution >= 4 is 21.4 Å². The average Bonchev–Trinajstić information content (AvgIpc) is 3.79. The molecule has 3 heterocycles. The number of benzene rings is 3. The van der Waals surface area contributed by atoms with Crippen molar-refractivity contribution in [2.75, 3.05) is 53.0 Å². The standard InChI is InChI=1S/C36H44N2O4S/c1-36(2,38-18-6-7-19-38)25-42-32-15-8-26(23-33(32)40-3)22-31-30-14-11-28(39)24-34(30)43-35(31)27-9-12-29(13-10-27)41-21-20-37-16-4-5-17-37/h8-15,23-24,39H,4-7,16-22,25H2,1-3H3. The highest BCUT2D eigenvalue weighted by atomic mass is 32.1. The lowest BCUT2D eigenvalue weighted by Gasteiger charge is -2.35. The summed E-state index contributed by atoms with van der Waals surface area (Å²) < 4.78 is 19.3. The molecule has 0 bridgehead atoms. The van der Waals surface area contributed by atoms with Gasteiger partial charge in [0.15, 0.2) is 11.5 Å². The van der Waals surface area contributed by atoms with Crippen molar-refractivity contribution in [2.24, 2.45) is 0 Å². The van der Waals surface area contributed by atoms with Crippen molar-refractivity contribution in [3.8, 4) is 33.4 Å². The number of methoxy groups -OCH3 is 1. The Labute approximate surface area is 259 Å². The van der Waals surface area contributed by atoms with Crippen LogP contribution in [0.1, 0.15) is 50.7 Å². The quantitative estimate of drug-likeness (QED) is 0.181. The molecule has 0 radical (unpaired) electrons. The fraction of sp³-hybridized carbons (Fsp3) is 0.444. The van der Waals surface area contributed by atoms with Crippen LogP contribution in [0, 0.1) is 0 Å². The normalized spacial score (nSPS) is 16.3. The molecule has 228 valence electrons. The fourth-order valence-corrected chi connectivity index (χ4v) is 7.62. The molecule has 6 rings (SSSR count). The molecule has 2 aliphatic rings. The second kappa shape index (κ2) is 13.2. The minimum atomic E-state index is -0.0231. The number of rotatable bonds is 12. The van der Waals surface area contributed by atoms with Gasteiger partial charge in [0.2, 0.25) is 0 Å². The van der Waals surface area contributed by atoms with Crippen LogP contribution in [0.2, 0.25) is 0 Å². The summed E-state index contributed by atoms with van der Waals surface area (Å²) in [5.41, 5.74) is 3.52. The Morgan fingerprint density at radius 2 is 1.58 bits per heavy atom. The van der Waals surface area contributed by atoms with E-state index < -0.39 is 0 Å². The molecule has 6 nitrogen and oxygen atoms in total. The van der Waals surface area contributed by atoms with Crippen LogP contribution in [0.15, 0.2) is 60.7 Å². The van der Waals surface area contributed by atoms with Crippen molar-refractivity contribution in [3.63, 3.8) is 0 Å². The third-order valence-corrected chi connectivity index (χ3v) is 10.2. The molecular weight excluding hydrogens is 556 g/mol. The maximum absolute atomic E-state index is 10.2. The van der Waals surface area contributed by atoms with Crippen LogP contribution in [0.5, 0.6) is 23.0 Å². The fourth-order valence-electron chi connectivity index (χ4n) is 6.36. The lowest BCUT2D eigenvalue weighted by Crippen LogP contribution is -2.46. The number of aromatic hydroxyl groups is 1. The number of thiophene rings is 1. The van der Waals surface area contributed by atoms with Crippen LogP contribution < -0.4 is 14.2 Å². The van der Waals surface area contributed by atoms with Crippen LogP contribution in [0.3, 0.4) is 0 Å². The van der Waals surface area contributed by atoms with Gasteiger partial charge in [-0.15, -0.1) is 11.3 Å². The summed E-state index contributed by atoms with van der Waals surface area (Å²) >= 11 is 1.72. The van der Waals surface area contributed by atoms with E-state index in [1.54, 1.807) is 24.5 Å². The van der Waals surface area contributed by atoms with E-state index in [1.165, 1.54) is 49.2 Å². The zero-order valence-electron chi connectivity index (χ0n) is 25.7. The van der Waals surface area contributed by atoms with E-state index in [4.69, 9.17) is 14.2 Å². The molecule has 1 aromatic heterocycles. The van der Waals surface area contributed by atoms with Gasteiger partial charge in [0.05, 0.1) is 7.11 Å². The van der Waals surface area contributed by atoms with E-state index >= 15 is 0 Å². The number of likely N-dealkylation sites (tertiary alicyclic amines) is 2. The SMILES string of the molecule is COc1cc(Cc2c(-c3ccc(OCCN4CCCC4)cc3)sc3cc(O)ccc23)ccc1OCC(C)(C)N1CCCC1. The summed E-state index contributed by atoms with van der Waals surface area (Å²) in [6.07, 6.45) is 5.86. The van der Waals surface area contributed by atoms with E-state index in [9.17, 15) is 5.11 Å². The lowest BCUT2D eigenvalue weighted by molar-refractivity contribution is 0.0879. The molecule has 0 amide bonds. The number of fused-ring (bicyclic) bond motifs is 1. The van der Waals surface area contributed by atoms with Gasteiger partial charge in [-0.1, -0.05) is 6.07 Å². The molecule has 4 aromatic rings. The Kier molecular flexibility index (Phi) is 9.12. The number of phenolic OH excluding ortho intramolecular Hbond substituents is 1. The van der Waals surface area contributed by atoms with Crippen LogP contribution in [0.4, 0.5) is 0 Å². The first-order valence-corrected chi connectivity index (χ1v) is 16.5. The molecule has 43 heavy (non-hydrogen) atoms. The second-order valence-corrected chi connectivity index (χ2v) is 13.5. The summed E-state index contributed by atoms with van der Waals surface area (Å²) in [6, 6.07) is 20.4. The van der Waals surface area contributed by atoms with Crippen molar-refractivity contribution < 1.29 is 19.3 Å². The molecule has 2 aliphatic heterocycles. The Hall–Kier alpha value is -3.26. The molecule has 0 saturated carbocycles. The maximum atomic E-state index is 10.2. The van der Waals surface area contributed by atoms with Gasteiger partial charge < -0.3 is 19.3 Å². The highest BCUT2D eigenvalue weighted by molar-refractivity contribution is 7.22. The van der Waals surface area contributed by atoms with Gasteiger partial charge >= 0.3 is 0 Å². The number of hydrogen-bond donors (Lipinski definition) is 1. The van der Waals surface area contributed by atoms with E-state index in [1.807, 2.05) is 18.2 Å². The van der Waals surface area contributed by atoms with Crippen LogP contribution in [-0.2, 0) is 6.42 Å². The summed E-state index contributed by atoms with van der Waals surface area (Å²) in [5.74, 6) is 2.72. The Balaban J connectivity index is 1.21. The Morgan fingerprint density at radius 1 is 0.837 bits per heavy atom. The molecular formula is C36H44N2O4S. The summed E-state index contributed by atoms with van der Waals surface area (Å²) in [6.45, 7) is 11.5. The third-order valence-electron chi connectivity index (χ3n) is 8.92. The summed E-state index contributed by atoms with van der Waals surface area (Å²) in [5, 5.41) is 11.4. The highest BCUT2D eigenvalue weighted by Crippen LogP contribution is 2.42. The van der Waals surface area contributed by atoms with Crippen molar-refractivity contribution in [1.29, 1.82) is 0 Å². The first kappa shape index (κ1) is 29.8. The molecule has 3 aromatic carbocycles. The van der Waals surface area contributed by atoms with Crippen LogP contribution in [-0.4, -0.2) is 73.5 Å². The van der Waals surface area contributed by atoms with Gasteiger partial charge in [-0.05, 0) is 149 Å². The predicted molar refractivity (Wildman–Crippen MR) is 176 cm³/mol. The monoisotopic (exact) mass is 600 g/mol. The highest BCUT2D eigenvalue weighted by Gasteiger charge is 2.30. The van der Waals surface area contributed by atoms with Gasteiger partial charge in [-0.3, -0.25) is 9.80 Å². The first-order valence-electron chi connectivity index (χ1n) is 15.6. The molecule has 0 spiro atoms. The van der Waals surface area contributed by atoms with Crippen molar-refractivity contribution in [1.82, 2.24) is 9.80 Å². The van der Waals surface area contributed by atoms with Gasteiger partial charge in [0, 0.05) is 21.7 Å². The van der Waals surface area contributed by atoms with Crippen molar-refractivity contribution in [2.45, 2.75) is 51.5 Å². The molecule has 2 fully saturated rings. The lowest BCUT2D eigenvalue weighted by atomic mass is 9.98. The van der Waals surface area contributed by atoms with Gasteiger partial charge in [-0.2, -0.15) is 0 Å². The Bertz CT molecular complexity index is 1520. The van der Waals surface area contributed by atoms with Crippen molar-refractivity contribution in [3.05, 3.63) is 71.8 Å². The molecule has 1 N–H and O–H groups in total. The number of hydrogen-bond acceptors (Lipinski definition) is 7. The average molecular weight is 601 g/mol. The summed E-state index contributed by atoms with van der Waals surface area (Å²) in [4.78, 5) is 6.19. The second-order valence-electron chi connectivity index (χ2n) is 12.5. The van der Waals surface area contributed by atoms with E-state index in [2.05, 4.69) is 60.0 Å². The summed E-state index contributed by atoms with van der Waals surface area (Å²) in [7, 11) is 1.71. The maximum Gasteiger partial charge on any atom is 0.161 e. The van der Waals surface area contributed by atoms with E-state index in [-0.39, 0.29) is 11.3 Å². The molecule has 0 aliphatic carbocycles. The van der Waals surface area contributed by atoms with Gasteiger partial charge in [0.1, 0.15) is 24.7 Å². The topological polar surface area (TPSA) is 54.4 Å². The zero-order valence-corrected chi connectivity index (χ0v) is 26.5. The number of ether oxygens (including phenoxy) is 3. The number of phenols is 1.